The molecule has 21 heteroatoms. The van der Waals surface area contributed by atoms with Gasteiger partial charge in [0.1, 0.15) is 47.0 Å². The second kappa shape index (κ2) is 25.2. The van der Waals surface area contributed by atoms with E-state index in [4.69, 9.17) is 42.1 Å². The summed E-state index contributed by atoms with van der Waals surface area (Å²) >= 11 is 15.0. The number of carbonyl (C=O) groups is 4. The average Bonchev–Trinajstić information content (AvgIpc) is 4.38. The molecule has 2 saturated carbocycles. The summed E-state index contributed by atoms with van der Waals surface area (Å²) in [5.41, 5.74) is 4.93. The third-order valence-electron chi connectivity index (χ3n) is 13.9. The Morgan fingerprint density at radius 1 is 0.519 bits per heavy atom. The summed E-state index contributed by atoms with van der Waals surface area (Å²) in [6, 6.07) is 34.6. The smallest absolute Gasteiger partial charge is 0.549 e. The zero-order valence-corrected chi connectivity index (χ0v) is 48.9. The second-order valence-corrected chi connectivity index (χ2v) is 22.4. The van der Waals surface area contributed by atoms with E-state index in [1.165, 1.54) is 50.7 Å². The third-order valence-corrected chi connectivity index (χ3v) is 16.6. The summed E-state index contributed by atoms with van der Waals surface area (Å²) in [7, 11) is 3.08. The number of amides is 2. The number of benzene rings is 6. The third kappa shape index (κ3) is 13.3. The van der Waals surface area contributed by atoms with Crippen molar-refractivity contribution in [3.63, 3.8) is 0 Å². The minimum absolute atomic E-state index is 0. The SMILES string of the molecule is COc1cc(-c2sc(Cl)cc2NC(=O)O[C@H](C)c2cc(F)ccc2F)ccc1-c1ccc(C2(C(=O)[O-])CC2)cc1.COc1cc(-c2sc(Cl)cc2NC(=O)O[C@H](C)c2cc(F)ccc2F)ccc1-c1ccc(C2(C(=O)[O-])CC2)cc1.[Ca+2]. The molecule has 2 amide bonds. The van der Waals surface area contributed by atoms with Crippen molar-refractivity contribution >= 4 is 119 Å². The molecule has 2 fully saturated rings. The number of hydrogen-bond donors (Lipinski definition) is 2. The molecule has 6 aromatic carbocycles. The summed E-state index contributed by atoms with van der Waals surface area (Å²) in [4.78, 5) is 49.6. The van der Waals surface area contributed by atoms with Crippen molar-refractivity contribution in [1.82, 2.24) is 0 Å². The molecule has 0 radical (unpaired) electrons. The topological polar surface area (TPSA) is 175 Å². The van der Waals surface area contributed by atoms with Crippen LogP contribution in [0, 0.1) is 23.3 Å². The van der Waals surface area contributed by atoms with Crippen LogP contribution in [0.2, 0.25) is 8.67 Å². The van der Waals surface area contributed by atoms with Gasteiger partial charge in [-0.1, -0.05) is 96.0 Å². The maximum Gasteiger partial charge on any atom is 2.00 e. The number of carboxylic acids is 2. The molecule has 0 saturated heterocycles. The van der Waals surface area contributed by atoms with Crippen LogP contribution in [0.5, 0.6) is 11.5 Å². The molecule has 0 bridgehead atoms. The van der Waals surface area contributed by atoms with E-state index in [-0.39, 0.29) is 48.9 Å². The normalized spacial score (nSPS) is 14.1. The Balaban J connectivity index is 0.000000210. The van der Waals surface area contributed by atoms with Gasteiger partial charge in [0, 0.05) is 33.1 Å². The molecule has 12 nitrogen and oxygen atoms in total. The largest absolute Gasteiger partial charge is 2.00 e. The van der Waals surface area contributed by atoms with Gasteiger partial charge >= 0.3 is 49.9 Å². The van der Waals surface area contributed by atoms with Crippen molar-refractivity contribution in [2.45, 2.75) is 62.6 Å². The zero-order valence-electron chi connectivity index (χ0n) is 43.6. The van der Waals surface area contributed by atoms with E-state index in [1.54, 1.807) is 48.5 Å². The predicted octanol–water partition coefficient (Wildman–Crippen LogP) is 13.8. The van der Waals surface area contributed by atoms with E-state index in [0.29, 0.717) is 78.1 Å². The molecule has 2 aromatic heterocycles. The first kappa shape index (κ1) is 60.5. The second-order valence-electron chi connectivity index (χ2n) is 19.0. The number of thiophene rings is 2. The summed E-state index contributed by atoms with van der Waals surface area (Å²) in [6.45, 7) is 2.89. The maximum atomic E-state index is 14.1. The zero-order chi connectivity index (χ0) is 57.2. The molecule has 2 aliphatic rings. The number of halogens is 6. The van der Waals surface area contributed by atoms with Crippen molar-refractivity contribution in [2.75, 3.05) is 24.9 Å². The van der Waals surface area contributed by atoms with Crippen molar-refractivity contribution in [2.24, 2.45) is 0 Å². The minimum Gasteiger partial charge on any atom is -0.549 e. The van der Waals surface area contributed by atoms with Gasteiger partial charge in [0.25, 0.3) is 0 Å². The molecule has 2 atom stereocenters. The molecule has 0 spiro atoms. The van der Waals surface area contributed by atoms with E-state index in [9.17, 15) is 47.0 Å². The first-order valence-electron chi connectivity index (χ1n) is 24.7. The fourth-order valence-electron chi connectivity index (χ4n) is 9.27. The number of ether oxygens (including phenoxy) is 4. The van der Waals surface area contributed by atoms with Gasteiger partial charge in [0.2, 0.25) is 0 Å². The van der Waals surface area contributed by atoms with Gasteiger partial charge in [-0.15, -0.1) is 22.7 Å². The van der Waals surface area contributed by atoms with E-state index in [0.717, 1.165) is 69.8 Å². The summed E-state index contributed by atoms with van der Waals surface area (Å²) in [6.07, 6.45) is -1.52. The van der Waals surface area contributed by atoms with Gasteiger partial charge in [0.05, 0.1) is 56.0 Å². The molecule has 2 N–H and O–H groups in total. The van der Waals surface area contributed by atoms with E-state index < -0.39 is 70.4 Å². The first-order chi connectivity index (χ1) is 38.2. The quantitative estimate of drug-likeness (QED) is 0.0699. The Morgan fingerprint density at radius 3 is 1.19 bits per heavy atom. The number of hydrogen-bond acceptors (Lipinski definition) is 12. The Kier molecular flexibility index (Phi) is 18.8. The molecular weight excluding hydrogens is 1160 g/mol. The van der Waals surface area contributed by atoms with Crippen LogP contribution in [0.3, 0.4) is 0 Å². The van der Waals surface area contributed by atoms with Gasteiger partial charge in [-0.25, -0.2) is 27.2 Å². The van der Waals surface area contributed by atoms with Crippen LogP contribution in [0.15, 0.2) is 133 Å². The molecule has 412 valence electrons. The summed E-state index contributed by atoms with van der Waals surface area (Å²) in [5.74, 6) is -3.66. The minimum atomic E-state index is -1.05. The van der Waals surface area contributed by atoms with Gasteiger partial charge < -0.3 is 38.7 Å². The molecule has 2 heterocycles. The summed E-state index contributed by atoms with van der Waals surface area (Å²) < 4.78 is 78.0. The van der Waals surface area contributed by atoms with Crippen molar-refractivity contribution in [3.8, 4) is 54.6 Å². The van der Waals surface area contributed by atoms with Crippen LogP contribution in [0.1, 0.15) is 74.0 Å². The summed E-state index contributed by atoms with van der Waals surface area (Å²) in [5, 5.41) is 28.4. The van der Waals surface area contributed by atoms with Crippen LogP contribution < -0.4 is 30.3 Å². The van der Waals surface area contributed by atoms with Crippen LogP contribution in [0.25, 0.3) is 43.1 Å². The van der Waals surface area contributed by atoms with Gasteiger partial charge in [-0.2, -0.15) is 0 Å². The molecule has 0 unspecified atom stereocenters. The Labute approximate surface area is 510 Å². The van der Waals surface area contributed by atoms with Crippen LogP contribution in [-0.2, 0) is 29.9 Å². The molecule has 2 aliphatic carbocycles. The van der Waals surface area contributed by atoms with E-state index in [2.05, 4.69) is 10.6 Å². The monoisotopic (exact) mass is 1200 g/mol. The van der Waals surface area contributed by atoms with Crippen LogP contribution >= 0.6 is 45.9 Å². The van der Waals surface area contributed by atoms with Crippen LogP contribution in [-0.4, -0.2) is 76.1 Å². The first-order valence-corrected chi connectivity index (χ1v) is 27.1. The predicted molar refractivity (Wildman–Crippen MR) is 301 cm³/mol. The fraction of sp³-hybridized carbons (Fsp3) is 0.200. The fourth-order valence-corrected chi connectivity index (χ4v) is 11.6. The molecule has 0 aliphatic heterocycles. The molecule has 8 aromatic rings. The molecular formula is C60H46CaCl2F4N2O10S2. The van der Waals surface area contributed by atoms with Gasteiger partial charge in [-0.3, -0.25) is 10.6 Å². The Hall–Kier alpha value is -6.64. The van der Waals surface area contributed by atoms with Crippen LogP contribution in [0.4, 0.5) is 38.5 Å². The number of nitrogens with one attached hydrogen (secondary N) is 2. The maximum absolute atomic E-state index is 14.1. The van der Waals surface area contributed by atoms with E-state index in [1.807, 2.05) is 48.5 Å². The average molecular weight is 1210 g/mol. The van der Waals surface area contributed by atoms with Crippen molar-refractivity contribution in [3.05, 3.63) is 188 Å². The number of methoxy groups -OCH3 is 2. The number of rotatable bonds is 16. The Morgan fingerprint density at radius 2 is 0.864 bits per heavy atom. The number of aliphatic carboxylic acids is 2. The number of carbonyl (C=O) groups excluding carboxylic acids is 4. The van der Waals surface area contributed by atoms with Crippen molar-refractivity contribution in [1.29, 1.82) is 0 Å². The number of carboxylic acid groups (broad SMARTS) is 2. The standard InChI is InChI=1S/2C30H24ClF2NO5S.Ca/c2*1-16(22-14-20(32)8-10-23(22)33)39-29(37)34-24-15-26(31)40-27(24)18-5-9-21(25(13-18)38-2)17-3-6-19(7-4-17)30(11-12-30)28(35)36;/h2*3-10,13-16H,11-12H2,1-2H3,(H,34,37)(H,35,36);/q;;+2/p-2/t2*16-;/m11./s1. The van der Waals surface area contributed by atoms with Gasteiger partial charge in [-0.05, 0) is 134 Å². The number of anilines is 2. The van der Waals surface area contributed by atoms with E-state index >= 15 is 0 Å². The molecule has 81 heavy (non-hydrogen) atoms. The molecule has 10 rings (SSSR count). The Bertz CT molecular complexity index is 3450. The van der Waals surface area contributed by atoms with Gasteiger partial charge in [0.15, 0.2) is 0 Å². The van der Waals surface area contributed by atoms with Crippen molar-refractivity contribution < 1.29 is 65.9 Å².